The van der Waals surface area contributed by atoms with Gasteiger partial charge in [-0.15, -0.1) is 0 Å². The Morgan fingerprint density at radius 3 is 2.47 bits per heavy atom. The molecule has 1 amide bonds. The number of likely N-dealkylation sites (tertiary alicyclic amines) is 1. The van der Waals surface area contributed by atoms with Gasteiger partial charge in [-0.2, -0.15) is 10.4 Å². The van der Waals surface area contributed by atoms with Gasteiger partial charge >= 0.3 is 0 Å². The zero-order chi connectivity index (χ0) is 23.7. The summed E-state index contributed by atoms with van der Waals surface area (Å²) in [4.78, 5) is 15.6. The number of benzene rings is 2. The molecule has 1 N–H and O–H groups in total. The van der Waals surface area contributed by atoms with Crippen LogP contribution in [0.3, 0.4) is 0 Å². The number of nitrogens with one attached hydrogen (secondary N) is 1. The van der Waals surface area contributed by atoms with Crippen molar-refractivity contribution in [2.75, 3.05) is 13.1 Å². The molecule has 5 nitrogen and oxygen atoms in total. The van der Waals surface area contributed by atoms with Crippen LogP contribution in [0.2, 0.25) is 0 Å². The van der Waals surface area contributed by atoms with Gasteiger partial charge in [-0.05, 0) is 85.8 Å². The van der Waals surface area contributed by atoms with Gasteiger partial charge in [0.15, 0.2) is 0 Å². The summed E-state index contributed by atoms with van der Waals surface area (Å²) < 4.78 is 0. The number of aryl methyl sites for hydroxylation is 2. The number of carbonyl (C=O) groups excluding carboxylic acids is 1. The van der Waals surface area contributed by atoms with Gasteiger partial charge in [-0.1, -0.05) is 37.6 Å². The average Bonchev–Trinajstić information content (AvgIpc) is 3.32. The second kappa shape index (κ2) is 9.46. The largest absolute Gasteiger partial charge is 0.339 e. The quantitative estimate of drug-likeness (QED) is 0.508. The number of rotatable bonds is 5. The van der Waals surface area contributed by atoms with E-state index in [2.05, 4.69) is 54.4 Å². The second-order valence-electron chi connectivity index (χ2n) is 9.78. The highest BCUT2D eigenvalue weighted by atomic mass is 16.2. The van der Waals surface area contributed by atoms with Crippen LogP contribution in [0.15, 0.2) is 42.5 Å². The first-order valence-corrected chi connectivity index (χ1v) is 12.6. The topological polar surface area (TPSA) is 72.8 Å². The molecule has 2 heterocycles. The van der Waals surface area contributed by atoms with E-state index in [4.69, 9.17) is 0 Å². The van der Waals surface area contributed by atoms with Crippen LogP contribution in [0.1, 0.15) is 89.2 Å². The maximum absolute atomic E-state index is 13.6. The smallest absolute Gasteiger partial charge is 0.254 e. The normalized spacial score (nSPS) is 16.8. The highest BCUT2D eigenvalue weighted by Crippen LogP contribution is 2.42. The third-order valence-corrected chi connectivity index (χ3v) is 7.76. The molecule has 34 heavy (non-hydrogen) atoms. The Labute approximate surface area is 201 Å². The first-order valence-electron chi connectivity index (χ1n) is 12.6. The lowest BCUT2D eigenvalue weighted by Gasteiger charge is -2.33. The molecule has 0 unspecified atom stereocenters. The van der Waals surface area contributed by atoms with Crippen LogP contribution in [0.4, 0.5) is 0 Å². The number of H-pyrrole nitrogens is 1. The van der Waals surface area contributed by atoms with Gasteiger partial charge in [0.1, 0.15) is 0 Å². The van der Waals surface area contributed by atoms with E-state index >= 15 is 0 Å². The Morgan fingerprint density at radius 2 is 1.82 bits per heavy atom. The van der Waals surface area contributed by atoms with Crippen molar-refractivity contribution in [3.63, 3.8) is 0 Å². The minimum Gasteiger partial charge on any atom is -0.339 e. The second-order valence-corrected chi connectivity index (χ2v) is 9.78. The van der Waals surface area contributed by atoms with E-state index < -0.39 is 0 Å². The Balaban J connectivity index is 1.40. The number of aromatic amines is 1. The lowest BCUT2D eigenvalue weighted by molar-refractivity contribution is 0.0712. The third kappa shape index (κ3) is 4.14. The molecule has 2 aromatic carbocycles. The molecule has 174 valence electrons. The molecular formula is C29H32N4O. The summed E-state index contributed by atoms with van der Waals surface area (Å²) in [7, 11) is 0. The maximum atomic E-state index is 13.6. The van der Waals surface area contributed by atoms with E-state index in [0.717, 1.165) is 58.5 Å². The molecule has 1 aliphatic heterocycles. The summed E-state index contributed by atoms with van der Waals surface area (Å²) in [6, 6.07) is 16.6. The molecule has 0 atom stereocenters. The summed E-state index contributed by atoms with van der Waals surface area (Å²) in [5, 5.41) is 17.2. The van der Waals surface area contributed by atoms with Gasteiger partial charge in [0, 0.05) is 29.9 Å². The molecule has 1 saturated heterocycles. The van der Waals surface area contributed by atoms with Crippen molar-refractivity contribution in [3.8, 4) is 17.3 Å². The van der Waals surface area contributed by atoms with E-state index in [1.807, 2.05) is 23.1 Å². The highest BCUT2D eigenvalue weighted by molar-refractivity contribution is 5.97. The molecule has 1 aromatic heterocycles. The van der Waals surface area contributed by atoms with Crippen molar-refractivity contribution in [1.82, 2.24) is 15.1 Å². The van der Waals surface area contributed by atoms with E-state index in [-0.39, 0.29) is 5.91 Å². The van der Waals surface area contributed by atoms with E-state index in [1.165, 1.54) is 24.8 Å². The van der Waals surface area contributed by atoms with Gasteiger partial charge in [0.2, 0.25) is 0 Å². The average molecular weight is 453 g/mol. The van der Waals surface area contributed by atoms with Gasteiger partial charge < -0.3 is 4.90 Å². The number of nitrogens with zero attached hydrogens (tertiary/aromatic N) is 3. The van der Waals surface area contributed by atoms with Crippen LogP contribution in [0.25, 0.3) is 11.3 Å². The summed E-state index contributed by atoms with van der Waals surface area (Å²) in [6.07, 6.45) is 6.37. The summed E-state index contributed by atoms with van der Waals surface area (Å²) >= 11 is 0. The lowest BCUT2D eigenvalue weighted by Crippen LogP contribution is -2.38. The van der Waals surface area contributed by atoms with Crippen LogP contribution in [-0.4, -0.2) is 34.1 Å². The molecule has 2 fully saturated rings. The molecule has 5 rings (SSSR count). The Hall–Kier alpha value is -3.39. The monoisotopic (exact) mass is 452 g/mol. The summed E-state index contributed by atoms with van der Waals surface area (Å²) in [6.45, 7) is 5.61. The molecule has 0 bridgehead atoms. The van der Waals surface area contributed by atoms with E-state index in [0.29, 0.717) is 24.9 Å². The minimum absolute atomic E-state index is 0.108. The van der Waals surface area contributed by atoms with Crippen LogP contribution in [0.5, 0.6) is 0 Å². The van der Waals surface area contributed by atoms with Crippen molar-refractivity contribution in [2.24, 2.45) is 0 Å². The number of nitriles is 1. The van der Waals surface area contributed by atoms with Crippen molar-refractivity contribution in [1.29, 1.82) is 5.26 Å². The Morgan fingerprint density at radius 1 is 1.09 bits per heavy atom. The minimum atomic E-state index is 0.108. The van der Waals surface area contributed by atoms with Gasteiger partial charge in [-0.25, -0.2) is 0 Å². The van der Waals surface area contributed by atoms with E-state index in [9.17, 15) is 10.1 Å². The molecule has 1 saturated carbocycles. The van der Waals surface area contributed by atoms with Crippen molar-refractivity contribution >= 4 is 5.91 Å². The first-order chi connectivity index (χ1) is 16.6. The van der Waals surface area contributed by atoms with Crippen molar-refractivity contribution < 1.29 is 4.79 Å². The number of hydrogen-bond acceptors (Lipinski definition) is 3. The SMILES string of the molecule is CCc1cc(-c2cc(C(=O)N3CCC(c4ccccc4C#N)CC3)c(C)cc2C2CCC2)n[nH]1. The molecule has 1 aliphatic carbocycles. The predicted molar refractivity (Wildman–Crippen MR) is 134 cm³/mol. The van der Waals surface area contributed by atoms with Crippen LogP contribution < -0.4 is 0 Å². The fourth-order valence-corrected chi connectivity index (χ4v) is 5.44. The first kappa shape index (κ1) is 22.4. The molecule has 3 aromatic rings. The van der Waals surface area contributed by atoms with Crippen LogP contribution >= 0.6 is 0 Å². The Kier molecular flexibility index (Phi) is 6.24. The molecular weight excluding hydrogens is 420 g/mol. The Bertz CT molecular complexity index is 1240. The number of carbonyl (C=O) groups is 1. The van der Waals surface area contributed by atoms with Crippen molar-refractivity contribution in [3.05, 3.63) is 76.0 Å². The zero-order valence-corrected chi connectivity index (χ0v) is 20.1. The lowest BCUT2D eigenvalue weighted by atomic mass is 9.76. The van der Waals surface area contributed by atoms with E-state index in [1.54, 1.807) is 0 Å². The summed E-state index contributed by atoms with van der Waals surface area (Å²) in [5.74, 6) is 1.00. The fraction of sp³-hybridized carbons (Fsp3) is 0.414. The fourth-order valence-electron chi connectivity index (χ4n) is 5.44. The van der Waals surface area contributed by atoms with Crippen molar-refractivity contribution in [2.45, 2.75) is 64.2 Å². The molecule has 0 radical (unpaired) electrons. The van der Waals surface area contributed by atoms with Gasteiger partial charge in [0.05, 0.1) is 17.3 Å². The standard InChI is InChI=1S/C29H32N4O/c1-3-23-16-28(32-31-23)27-17-25(19(2)15-26(27)20-8-6-9-20)29(34)33-13-11-21(12-14-33)24-10-5-4-7-22(24)18-30/h4-5,7,10,15-17,20-21H,3,6,8-9,11-14H2,1-2H3,(H,31,32). The zero-order valence-electron chi connectivity index (χ0n) is 20.1. The third-order valence-electron chi connectivity index (χ3n) is 7.76. The molecule has 0 spiro atoms. The number of hydrogen-bond donors (Lipinski definition) is 1. The highest BCUT2D eigenvalue weighted by Gasteiger charge is 2.29. The van der Waals surface area contributed by atoms with Crippen LogP contribution in [-0.2, 0) is 6.42 Å². The van der Waals surface area contributed by atoms with Gasteiger partial charge in [-0.3, -0.25) is 9.89 Å². The van der Waals surface area contributed by atoms with Gasteiger partial charge in [0.25, 0.3) is 5.91 Å². The number of piperidine rings is 1. The van der Waals surface area contributed by atoms with Crippen LogP contribution in [0, 0.1) is 18.3 Å². The number of amides is 1. The summed E-state index contributed by atoms with van der Waals surface area (Å²) in [5.41, 5.74) is 8.21. The molecule has 2 aliphatic rings. The number of aromatic nitrogens is 2. The molecule has 5 heteroatoms. The predicted octanol–water partition coefficient (Wildman–Crippen LogP) is 6.11. The maximum Gasteiger partial charge on any atom is 0.254 e.